The van der Waals surface area contributed by atoms with Crippen LogP contribution in [0.15, 0.2) is 18.2 Å². The zero-order chi connectivity index (χ0) is 15.9. The van der Waals surface area contributed by atoms with E-state index >= 15 is 0 Å². The van der Waals surface area contributed by atoms with E-state index in [1.54, 1.807) is 0 Å². The average molecular weight is 327 g/mol. The number of nitrogens with one attached hydrogen (secondary N) is 1. The Hall–Kier alpha value is -1.82. The Kier molecular flexibility index (Phi) is 3.72. The summed E-state index contributed by atoms with van der Waals surface area (Å²) in [6.07, 6.45) is 2.32. The Balaban J connectivity index is 1.73. The molecule has 0 unspecified atom stereocenters. The molecule has 1 saturated carbocycles. The molecule has 1 heterocycles. The Morgan fingerprint density at radius 2 is 2.23 bits per heavy atom. The van der Waals surface area contributed by atoms with Gasteiger partial charge in [0.05, 0.1) is 16.1 Å². The fourth-order valence-corrected chi connectivity index (χ4v) is 3.79. The molecule has 1 aliphatic heterocycles. The zero-order valence-electron chi connectivity index (χ0n) is 11.8. The molecule has 2 atom stereocenters. The van der Waals surface area contributed by atoms with Gasteiger partial charge in [-0.1, -0.05) is 18.0 Å². The van der Waals surface area contributed by atoms with E-state index in [-0.39, 0.29) is 17.5 Å². The molecule has 1 aromatic carbocycles. The third-order valence-corrected chi connectivity index (χ3v) is 5.07. The summed E-state index contributed by atoms with van der Waals surface area (Å²) < 4.78 is 13.0. The van der Waals surface area contributed by atoms with Crippen LogP contribution in [0.5, 0.6) is 0 Å². The Bertz CT molecular complexity index is 639. The highest BCUT2D eigenvalue weighted by Gasteiger charge is 2.55. The van der Waals surface area contributed by atoms with Crippen LogP contribution >= 0.6 is 11.6 Å². The number of nitrogens with zero attached hydrogens (tertiary/aromatic N) is 1. The molecule has 2 aliphatic rings. The molecule has 1 aliphatic carbocycles. The average Bonchev–Trinajstić information content (AvgIpc) is 2.99. The number of aliphatic carboxylic acids is 1. The van der Waals surface area contributed by atoms with E-state index in [1.807, 2.05) is 0 Å². The van der Waals surface area contributed by atoms with Crippen molar-refractivity contribution in [2.75, 3.05) is 18.4 Å². The van der Waals surface area contributed by atoms with E-state index in [1.165, 1.54) is 17.0 Å². The highest BCUT2D eigenvalue weighted by molar-refractivity contribution is 6.33. The standard InChI is InChI=1S/C15H16ClFN2O3/c16-11-6-10(17)3-4-12(11)18-14(22)19-7-9-2-1-5-15(9,8-19)13(20)21/h3-4,6,9H,1-2,5,7-8H2,(H,18,22)(H,20,21)/t9-,15+/m0/s1. The molecule has 118 valence electrons. The van der Waals surface area contributed by atoms with Gasteiger partial charge in [-0.15, -0.1) is 0 Å². The molecule has 1 aromatic rings. The minimum Gasteiger partial charge on any atom is -0.481 e. The number of anilines is 1. The Labute approximate surface area is 132 Å². The number of rotatable bonds is 2. The van der Waals surface area contributed by atoms with Gasteiger partial charge in [-0.2, -0.15) is 0 Å². The topological polar surface area (TPSA) is 69.6 Å². The largest absolute Gasteiger partial charge is 0.481 e. The number of carbonyl (C=O) groups excluding carboxylic acids is 1. The lowest BCUT2D eigenvalue weighted by Gasteiger charge is -2.23. The van der Waals surface area contributed by atoms with Crippen LogP contribution in [0.2, 0.25) is 5.02 Å². The minimum absolute atomic E-state index is 0.000519. The van der Waals surface area contributed by atoms with Crippen LogP contribution in [-0.2, 0) is 4.79 Å². The van der Waals surface area contributed by atoms with Crippen molar-refractivity contribution in [1.82, 2.24) is 4.90 Å². The van der Waals surface area contributed by atoms with Crippen molar-refractivity contribution in [1.29, 1.82) is 0 Å². The SMILES string of the molecule is O=C(Nc1ccc(F)cc1Cl)N1C[C@@H]2CCC[C@@]2(C(=O)O)C1. The summed E-state index contributed by atoms with van der Waals surface area (Å²) in [6.45, 7) is 0.634. The van der Waals surface area contributed by atoms with Crippen LogP contribution < -0.4 is 5.32 Å². The van der Waals surface area contributed by atoms with Crippen LogP contribution in [0.3, 0.4) is 0 Å². The third kappa shape index (κ3) is 2.41. The van der Waals surface area contributed by atoms with Gasteiger partial charge in [0.15, 0.2) is 0 Å². The number of hydrogen-bond acceptors (Lipinski definition) is 2. The van der Waals surface area contributed by atoms with Crippen LogP contribution in [0.1, 0.15) is 19.3 Å². The van der Waals surface area contributed by atoms with Crippen molar-refractivity contribution in [3.63, 3.8) is 0 Å². The van der Waals surface area contributed by atoms with E-state index in [2.05, 4.69) is 5.32 Å². The summed E-state index contributed by atoms with van der Waals surface area (Å²) in [5.41, 5.74) is -0.501. The molecule has 1 saturated heterocycles. The number of carboxylic acid groups (broad SMARTS) is 1. The van der Waals surface area contributed by atoms with Gasteiger partial charge in [0.1, 0.15) is 5.82 Å². The molecule has 0 spiro atoms. The van der Waals surface area contributed by atoms with Crippen LogP contribution in [0.4, 0.5) is 14.9 Å². The number of benzene rings is 1. The molecule has 2 amide bonds. The first-order chi connectivity index (χ1) is 10.4. The molecular formula is C15H16ClFN2O3. The minimum atomic E-state index is -0.829. The van der Waals surface area contributed by atoms with Gasteiger partial charge in [0.25, 0.3) is 0 Å². The van der Waals surface area contributed by atoms with Gasteiger partial charge in [-0.3, -0.25) is 4.79 Å². The summed E-state index contributed by atoms with van der Waals surface area (Å²) >= 11 is 5.89. The van der Waals surface area contributed by atoms with Crippen molar-refractivity contribution in [3.8, 4) is 0 Å². The number of fused-ring (bicyclic) bond motifs is 1. The predicted molar refractivity (Wildman–Crippen MR) is 79.4 cm³/mol. The van der Waals surface area contributed by atoms with E-state index in [0.29, 0.717) is 18.7 Å². The van der Waals surface area contributed by atoms with Crippen molar-refractivity contribution in [2.45, 2.75) is 19.3 Å². The van der Waals surface area contributed by atoms with E-state index < -0.39 is 23.2 Å². The Morgan fingerprint density at radius 1 is 1.45 bits per heavy atom. The molecular weight excluding hydrogens is 311 g/mol. The number of likely N-dealkylation sites (tertiary alicyclic amines) is 1. The summed E-state index contributed by atoms with van der Waals surface area (Å²) in [4.78, 5) is 25.4. The van der Waals surface area contributed by atoms with E-state index in [4.69, 9.17) is 11.6 Å². The molecule has 0 bridgehead atoms. The van der Waals surface area contributed by atoms with Gasteiger partial charge in [0.2, 0.25) is 0 Å². The Morgan fingerprint density at radius 3 is 2.86 bits per heavy atom. The van der Waals surface area contributed by atoms with Crippen LogP contribution in [0, 0.1) is 17.2 Å². The van der Waals surface area contributed by atoms with Crippen molar-refractivity contribution >= 4 is 29.3 Å². The molecule has 2 N–H and O–H groups in total. The molecule has 0 radical (unpaired) electrons. The highest BCUT2D eigenvalue weighted by atomic mass is 35.5. The van der Waals surface area contributed by atoms with Crippen molar-refractivity contribution in [2.24, 2.45) is 11.3 Å². The van der Waals surface area contributed by atoms with Gasteiger partial charge in [-0.05, 0) is 37.0 Å². The summed E-state index contributed by atoms with van der Waals surface area (Å²) in [7, 11) is 0. The van der Waals surface area contributed by atoms with Gasteiger partial charge in [0, 0.05) is 13.1 Å². The van der Waals surface area contributed by atoms with Crippen LogP contribution in [-0.4, -0.2) is 35.1 Å². The molecule has 2 fully saturated rings. The van der Waals surface area contributed by atoms with Gasteiger partial charge >= 0.3 is 12.0 Å². The lowest BCUT2D eigenvalue weighted by atomic mass is 9.81. The van der Waals surface area contributed by atoms with E-state index in [0.717, 1.165) is 18.9 Å². The fraction of sp³-hybridized carbons (Fsp3) is 0.467. The lowest BCUT2D eigenvalue weighted by Crippen LogP contribution is -2.38. The zero-order valence-corrected chi connectivity index (χ0v) is 12.6. The molecule has 22 heavy (non-hydrogen) atoms. The van der Waals surface area contributed by atoms with Gasteiger partial charge in [-0.25, -0.2) is 9.18 Å². The summed E-state index contributed by atoms with van der Waals surface area (Å²) in [5, 5.41) is 12.2. The highest BCUT2D eigenvalue weighted by Crippen LogP contribution is 2.49. The molecule has 3 rings (SSSR count). The molecule has 5 nitrogen and oxygen atoms in total. The monoisotopic (exact) mass is 326 g/mol. The van der Waals surface area contributed by atoms with Crippen molar-refractivity contribution in [3.05, 3.63) is 29.0 Å². The van der Waals surface area contributed by atoms with Crippen molar-refractivity contribution < 1.29 is 19.1 Å². The first kappa shape index (κ1) is 15.1. The van der Waals surface area contributed by atoms with Crippen LogP contribution in [0.25, 0.3) is 0 Å². The number of carbonyl (C=O) groups is 2. The number of halogens is 2. The molecule has 0 aromatic heterocycles. The quantitative estimate of drug-likeness (QED) is 0.876. The smallest absolute Gasteiger partial charge is 0.321 e. The normalized spacial score (nSPS) is 26.8. The maximum absolute atomic E-state index is 13.0. The number of urea groups is 1. The predicted octanol–water partition coefficient (Wildman–Crippen LogP) is 3.20. The number of hydrogen-bond donors (Lipinski definition) is 2. The third-order valence-electron chi connectivity index (χ3n) is 4.76. The second kappa shape index (κ2) is 5.43. The maximum atomic E-state index is 13.0. The first-order valence-corrected chi connectivity index (χ1v) is 7.54. The second-order valence-corrected chi connectivity index (χ2v) is 6.39. The second-order valence-electron chi connectivity index (χ2n) is 5.99. The van der Waals surface area contributed by atoms with E-state index in [9.17, 15) is 19.1 Å². The van der Waals surface area contributed by atoms with Gasteiger partial charge < -0.3 is 15.3 Å². The first-order valence-electron chi connectivity index (χ1n) is 7.17. The maximum Gasteiger partial charge on any atom is 0.321 e. The fourth-order valence-electron chi connectivity index (χ4n) is 3.58. The summed E-state index contributed by atoms with van der Waals surface area (Å²) in [5.74, 6) is -1.31. The number of amides is 2. The number of carboxylic acids is 1. The molecule has 7 heteroatoms. The lowest BCUT2D eigenvalue weighted by molar-refractivity contribution is -0.149. The summed E-state index contributed by atoms with van der Waals surface area (Å²) in [6, 6.07) is 3.32.